The highest BCUT2D eigenvalue weighted by atomic mass is 35.5. The van der Waals surface area contributed by atoms with E-state index in [2.05, 4.69) is 0 Å². The maximum absolute atomic E-state index is 13.7. The topological polar surface area (TPSA) is 62.5 Å². The average molecular weight is 479 g/mol. The molecule has 0 saturated heterocycles. The Balaban J connectivity index is 1.86. The molecule has 0 fully saturated rings. The van der Waals surface area contributed by atoms with Gasteiger partial charge in [-0.1, -0.05) is 53.5 Å². The number of aromatic hydroxyl groups is 1. The molecule has 0 spiro atoms. The van der Waals surface area contributed by atoms with Crippen molar-refractivity contribution >= 4 is 45.7 Å². The molecule has 4 aromatic rings. The summed E-state index contributed by atoms with van der Waals surface area (Å²) in [6.07, 6.45) is 0. The van der Waals surface area contributed by atoms with Gasteiger partial charge in [-0.25, -0.2) is 0 Å². The lowest BCUT2D eigenvalue weighted by Crippen LogP contribution is -2.23. The Kier molecular flexibility index (Phi) is 5.28. The van der Waals surface area contributed by atoms with Crippen LogP contribution in [0.15, 0.2) is 54.6 Å². The predicted molar refractivity (Wildman–Crippen MR) is 130 cm³/mol. The van der Waals surface area contributed by atoms with Gasteiger partial charge in [0.25, 0.3) is 0 Å². The molecule has 1 aliphatic rings. The second-order valence-corrected chi connectivity index (χ2v) is 9.29. The predicted octanol–water partition coefficient (Wildman–Crippen LogP) is 5.54. The van der Waals surface area contributed by atoms with E-state index < -0.39 is 0 Å². The Morgan fingerprint density at radius 2 is 1.64 bits per heavy atom. The highest BCUT2D eigenvalue weighted by molar-refractivity contribution is 6.35. The summed E-state index contributed by atoms with van der Waals surface area (Å²) < 4.78 is 1.83. The molecule has 5 rings (SSSR count). The number of rotatable bonds is 4. The number of carbonyl (C=O) groups excluding carboxylic acids is 2. The van der Waals surface area contributed by atoms with Crippen molar-refractivity contribution in [1.29, 1.82) is 0 Å². The molecule has 3 aromatic carbocycles. The van der Waals surface area contributed by atoms with Crippen molar-refractivity contribution < 1.29 is 14.7 Å². The smallest absolute Gasteiger partial charge is 0.210 e. The number of nitrogens with zero attached hydrogens (tertiary/aromatic N) is 2. The Bertz CT molecular complexity index is 1470. The molecule has 0 radical (unpaired) electrons. The first kappa shape index (κ1) is 21.7. The Labute approximate surface area is 200 Å². The van der Waals surface area contributed by atoms with Crippen molar-refractivity contribution in [2.75, 3.05) is 14.1 Å². The van der Waals surface area contributed by atoms with Crippen LogP contribution < -0.4 is 0 Å². The van der Waals surface area contributed by atoms with Crippen molar-refractivity contribution in [2.45, 2.75) is 13.1 Å². The summed E-state index contributed by atoms with van der Waals surface area (Å²) in [5.74, 6) is -0.367. The number of phenolic OH excluding ortho intramolecular Hbond substituents is 1. The number of aromatic nitrogens is 1. The number of carbonyl (C=O) groups is 2. The number of benzene rings is 3. The monoisotopic (exact) mass is 478 g/mol. The molecule has 0 amide bonds. The zero-order valence-corrected chi connectivity index (χ0v) is 19.5. The Morgan fingerprint density at radius 3 is 2.30 bits per heavy atom. The van der Waals surface area contributed by atoms with Crippen molar-refractivity contribution in [2.24, 2.45) is 0 Å². The van der Waals surface area contributed by atoms with Gasteiger partial charge in [-0.2, -0.15) is 0 Å². The normalized spacial score (nSPS) is 13.0. The van der Waals surface area contributed by atoms with Crippen LogP contribution in [0.5, 0.6) is 5.75 Å². The van der Waals surface area contributed by atoms with E-state index in [1.165, 1.54) is 0 Å². The van der Waals surface area contributed by atoms with Crippen molar-refractivity contribution in [1.82, 2.24) is 9.47 Å². The third-order valence-corrected chi connectivity index (χ3v) is 6.58. The number of fused-ring (bicyclic) bond motifs is 4. The molecule has 166 valence electrons. The minimum Gasteiger partial charge on any atom is -0.508 e. The fraction of sp³-hybridized carbons (Fsp3) is 0.154. The highest BCUT2D eigenvalue weighted by Crippen LogP contribution is 2.40. The van der Waals surface area contributed by atoms with Crippen molar-refractivity contribution in [3.05, 3.63) is 98.2 Å². The molecule has 1 aliphatic carbocycles. The summed E-state index contributed by atoms with van der Waals surface area (Å²) in [7, 11) is 3.77. The van der Waals surface area contributed by atoms with Gasteiger partial charge in [0.1, 0.15) is 11.4 Å². The van der Waals surface area contributed by atoms with E-state index in [-0.39, 0.29) is 23.9 Å². The third kappa shape index (κ3) is 3.44. The van der Waals surface area contributed by atoms with Gasteiger partial charge in [-0.3, -0.25) is 9.59 Å². The van der Waals surface area contributed by atoms with Crippen LogP contribution in [-0.4, -0.2) is 40.2 Å². The summed E-state index contributed by atoms with van der Waals surface area (Å²) in [6.45, 7) is 0.680. The van der Waals surface area contributed by atoms with Gasteiger partial charge < -0.3 is 14.6 Å². The van der Waals surface area contributed by atoms with Gasteiger partial charge in [0.05, 0.1) is 11.1 Å². The van der Waals surface area contributed by atoms with E-state index in [1.54, 1.807) is 48.5 Å². The van der Waals surface area contributed by atoms with E-state index in [1.807, 2.05) is 29.6 Å². The lowest BCUT2D eigenvalue weighted by atomic mass is 9.86. The largest absolute Gasteiger partial charge is 0.508 e. The van der Waals surface area contributed by atoms with E-state index in [0.29, 0.717) is 55.4 Å². The standard InChI is InChI=1S/C26H20Cl2N2O3/c1-29(2)13-18-21(31)10-9-20-22(18)23-24(26(33)17-6-4-3-5-16(17)25(23)32)30(20)12-14-7-8-15(27)11-19(14)28/h3-11,31H,12-13H2,1-2H3. The fourth-order valence-electron chi connectivity index (χ4n) is 4.56. The van der Waals surface area contributed by atoms with Gasteiger partial charge in [-0.15, -0.1) is 0 Å². The van der Waals surface area contributed by atoms with Gasteiger partial charge in [0.2, 0.25) is 5.78 Å². The molecular formula is C26H20Cl2N2O3. The van der Waals surface area contributed by atoms with Crippen LogP contribution in [0.4, 0.5) is 0 Å². The number of hydrogen-bond donors (Lipinski definition) is 1. The third-order valence-electron chi connectivity index (χ3n) is 5.99. The Hall–Kier alpha value is -3.12. The first-order valence-corrected chi connectivity index (χ1v) is 11.2. The van der Waals surface area contributed by atoms with Crippen LogP contribution in [-0.2, 0) is 13.1 Å². The number of ketones is 2. The molecule has 33 heavy (non-hydrogen) atoms. The highest BCUT2D eigenvalue weighted by Gasteiger charge is 2.36. The van der Waals surface area contributed by atoms with Crippen LogP contribution in [0, 0.1) is 0 Å². The molecule has 0 saturated carbocycles. The van der Waals surface area contributed by atoms with Crippen LogP contribution in [0.2, 0.25) is 10.0 Å². The molecular weight excluding hydrogens is 459 g/mol. The lowest BCUT2D eigenvalue weighted by Gasteiger charge is -2.18. The second kappa shape index (κ2) is 8.03. The molecule has 0 unspecified atom stereocenters. The van der Waals surface area contributed by atoms with Crippen molar-refractivity contribution in [3.8, 4) is 5.75 Å². The van der Waals surface area contributed by atoms with Crippen LogP contribution in [0.25, 0.3) is 10.9 Å². The van der Waals surface area contributed by atoms with Crippen LogP contribution >= 0.6 is 23.2 Å². The number of halogens is 2. The molecule has 1 aromatic heterocycles. The molecule has 5 nitrogen and oxygen atoms in total. The average Bonchev–Trinajstić information content (AvgIpc) is 3.10. The maximum atomic E-state index is 13.7. The van der Waals surface area contributed by atoms with E-state index in [9.17, 15) is 14.7 Å². The molecule has 1 N–H and O–H groups in total. The number of hydrogen-bond acceptors (Lipinski definition) is 4. The molecule has 1 heterocycles. The minimum absolute atomic E-state index is 0.0831. The van der Waals surface area contributed by atoms with E-state index in [4.69, 9.17) is 23.2 Å². The number of phenols is 1. The quantitative estimate of drug-likeness (QED) is 0.368. The minimum atomic E-state index is -0.225. The molecule has 0 aliphatic heterocycles. The second-order valence-electron chi connectivity index (χ2n) is 8.44. The first-order chi connectivity index (χ1) is 15.8. The summed E-state index contributed by atoms with van der Waals surface area (Å²) >= 11 is 12.5. The van der Waals surface area contributed by atoms with Gasteiger partial charge in [-0.05, 0) is 43.9 Å². The zero-order valence-electron chi connectivity index (χ0n) is 18.0. The van der Waals surface area contributed by atoms with E-state index >= 15 is 0 Å². The Morgan fingerprint density at radius 1 is 0.939 bits per heavy atom. The van der Waals surface area contributed by atoms with E-state index in [0.717, 1.165) is 5.56 Å². The summed E-state index contributed by atoms with van der Waals surface area (Å²) in [5.41, 5.74) is 3.45. The fourth-order valence-corrected chi connectivity index (χ4v) is 5.03. The molecule has 0 atom stereocenters. The van der Waals surface area contributed by atoms with Gasteiger partial charge in [0, 0.05) is 45.2 Å². The maximum Gasteiger partial charge on any atom is 0.210 e. The summed E-state index contributed by atoms with van der Waals surface area (Å²) in [4.78, 5) is 29.3. The van der Waals surface area contributed by atoms with Gasteiger partial charge >= 0.3 is 0 Å². The SMILES string of the molecule is CN(C)Cc1c(O)ccc2c1c1c(n2Cc2ccc(Cl)cc2Cl)C(=O)c2ccccc2C1=O. The summed E-state index contributed by atoms with van der Waals surface area (Å²) in [6, 6.07) is 15.4. The van der Waals surface area contributed by atoms with Crippen molar-refractivity contribution in [3.63, 3.8) is 0 Å². The first-order valence-electron chi connectivity index (χ1n) is 10.4. The van der Waals surface area contributed by atoms with Crippen LogP contribution in [0.1, 0.15) is 43.1 Å². The van der Waals surface area contributed by atoms with Crippen LogP contribution in [0.3, 0.4) is 0 Å². The molecule has 0 bridgehead atoms. The van der Waals surface area contributed by atoms with Gasteiger partial charge in [0.15, 0.2) is 5.78 Å². The zero-order chi connectivity index (χ0) is 23.4. The molecule has 7 heteroatoms. The lowest BCUT2D eigenvalue weighted by molar-refractivity contribution is 0.0974. The summed E-state index contributed by atoms with van der Waals surface area (Å²) in [5, 5.41) is 12.3.